The Morgan fingerprint density at radius 3 is 2.40 bits per heavy atom. The smallest absolute Gasteiger partial charge is 0.251 e. The Labute approximate surface area is 147 Å². The second-order valence-corrected chi connectivity index (χ2v) is 5.34. The summed E-state index contributed by atoms with van der Waals surface area (Å²) in [6, 6.07) is 12.4. The molecule has 0 aliphatic rings. The lowest BCUT2D eigenvalue weighted by Crippen LogP contribution is -2.26. The summed E-state index contributed by atoms with van der Waals surface area (Å²) in [5.74, 6) is 1.20. The molecular formula is C19H22N2O4. The summed E-state index contributed by atoms with van der Waals surface area (Å²) in [6.45, 7) is 1.90. The second kappa shape index (κ2) is 8.73. The van der Waals surface area contributed by atoms with E-state index >= 15 is 0 Å². The highest BCUT2D eigenvalue weighted by Crippen LogP contribution is 2.29. The predicted molar refractivity (Wildman–Crippen MR) is 96.5 cm³/mol. The molecule has 1 amide bonds. The topological polar surface area (TPSA) is 69.2 Å². The third-order valence-electron chi connectivity index (χ3n) is 3.73. The number of carbonyl (C=O) groups is 1. The number of hydrogen-bond acceptors (Lipinski definition) is 5. The number of hydrogen-bond donors (Lipinski definition) is 1. The van der Waals surface area contributed by atoms with Crippen LogP contribution >= 0.6 is 0 Å². The van der Waals surface area contributed by atoms with Crippen LogP contribution in [0.25, 0.3) is 0 Å². The number of amides is 1. The maximum atomic E-state index is 12.4. The monoisotopic (exact) mass is 342 g/mol. The van der Waals surface area contributed by atoms with E-state index in [0.717, 1.165) is 11.1 Å². The van der Waals surface area contributed by atoms with Crippen LogP contribution < -0.4 is 14.8 Å². The lowest BCUT2D eigenvalue weighted by molar-refractivity contribution is 0.0939. The second-order valence-electron chi connectivity index (χ2n) is 5.34. The van der Waals surface area contributed by atoms with E-state index < -0.39 is 0 Å². The Kier molecular flexibility index (Phi) is 6.39. The molecule has 0 aliphatic heterocycles. The zero-order chi connectivity index (χ0) is 18.2. The molecule has 1 N–H and O–H groups in total. The van der Waals surface area contributed by atoms with Gasteiger partial charge in [-0.15, -0.1) is 0 Å². The molecule has 0 radical (unpaired) electrons. The molecule has 132 valence electrons. The van der Waals surface area contributed by atoms with E-state index in [9.17, 15) is 4.79 Å². The van der Waals surface area contributed by atoms with Crippen LogP contribution in [0.1, 0.15) is 34.5 Å². The van der Waals surface area contributed by atoms with Gasteiger partial charge in [-0.05, 0) is 36.8 Å². The summed E-state index contributed by atoms with van der Waals surface area (Å²) in [5.41, 5.74) is 2.29. The van der Waals surface area contributed by atoms with Crippen LogP contribution in [0.5, 0.6) is 11.5 Å². The van der Waals surface area contributed by atoms with Gasteiger partial charge < -0.3 is 19.6 Å². The van der Waals surface area contributed by atoms with Gasteiger partial charge in [-0.3, -0.25) is 4.79 Å². The largest absolute Gasteiger partial charge is 0.497 e. The minimum atomic E-state index is -0.219. The van der Waals surface area contributed by atoms with Gasteiger partial charge in [0.2, 0.25) is 0 Å². The summed E-state index contributed by atoms with van der Waals surface area (Å²) < 4.78 is 10.6. The van der Waals surface area contributed by atoms with E-state index in [2.05, 4.69) is 15.3 Å². The maximum Gasteiger partial charge on any atom is 0.251 e. The van der Waals surface area contributed by atoms with Crippen molar-refractivity contribution >= 4 is 12.1 Å². The fourth-order valence-electron chi connectivity index (χ4n) is 2.37. The number of ether oxygens (including phenoxy) is 2. The van der Waals surface area contributed by atoms with Crippen molar-refractivity contribution in [2.75, 3.05) is 21.3 Å². The molecule has 0 aliphatic carbocycles. The van der Waals surface area contributed by atoms with Crippen molar-refractivity contribution < 1.29 is 19.1 Å². The van der Waals surface area contributed by atoms with Crippen molar-refractivity contribution in [3.63, 3.8) is 0 Å². The lowest BCUT2D eigenvalue weighted by Gasteiger charge is -2.18. The summed E-state index contributed by atoms with van der Waals surface area (Å²) in [4.78, 5) is 17.1. The van der Waals surface area contributed by atoms with Crippen LogP contribution in [0, 0.1) is 0 Å². The van der Waals surface area contributed by atoms with Gasteiger partial charge in [0, 0.05) is 17.2 Å². The molecule has 2 rings (SSSR count). The molecule has 25 heavy (non-hydrogen) atoms. The third kappa shape index (κ3) is 4.73. The first kappa shape index (κ1) is 18.3. The average molecular weight is 342 g/mol. The maximum absolute atomic E-state index is 12.4. The molecule has 0 heterocycles. The first-order chi connectivity index (χ1) is 12.1. The number of rotatable bonds is 7. The number of benzene rings is 2. The first-order valence-corrected chi connectivity index (χ1v) is 7.78. The van der Waals surface area contributed by atoms with Gasteiger partial charge in [0.25, 0.3) is 5.91 Å². The number of carbonyl (C=O) groups excluding carboxylic acids is 1. The third-order valence-corrected chi connectivity index (χ3v) is 3.73. The molecule has 2 aromatic rings. The van der Waals surface area contributed by atoms with Crippen molar-refractivity contribution in [2.24, 2.45) is 5.16 Å². The minimum absolute atomic E-state index is 0.166. The summed E-state index contributed by atoms with van der Waals surface area (Å²) >= 11 is 0. The van der Waals surface area contributed by atoms with Crippen molar-refractivity contribution in [1.82, 2.24) is 5.32 Å². The molecule has 1 atom stereocenters. The highest BCUT2D eigenvalue weighted by Gasteiger charge is 2.16. The summed E-state index contributed by atoms with van der Waals surface area (Å²) in [6.07, 6.45) is 1.58. The molecule has 0 fully saturated rings. The van der Waals surface area contributed by atoms with Crippen molar-refractivity contribution in [3.05, 3.63) is 59.2 Å². The molecule has 2 aromatic carbocycles. The van der Waals surface area contributed by atoms with Gasteiger partial charge in [0.05, 0.1) is 26.5 Å². The molecule has 1 unspecified atom stereocenters. The fraction of sp³-hybridized carbons (Fsp3) is 0.263. The van der Waals surface area contributed by atoms with Crippen LogP contribution in [0.15, 0.2) is 47.6 Å². The van der Waals surface area contributed by atoms with E-state index in [1.807, 2.05) is 19.1 Å². The van der Waals surface area contributed by atoms with Crippen molar-refractivity contribution in [3.8, 4) is 11.5 Å². The van der Waals surface area contributed by atoms with Gasteiger partial charge in [-0.2, -0.15) is 0 Å². The Bertz CT molecular complexity index is 742. The fourth-order valence-corrected chi connectivity index (χ4v) is 2.37. The van der Waals surface area contributed by atoms with Crippen molar-refractivity contribution in [2.45, 2.75) is 13.0 Å². The van der Waals surface area contributed by atoms with Crippen LogP contribution in [0.3, 0.4) is 0 Å². The van der Waals surface area contributed by atoms with E-state index in [1.165, 1.54) is 7.11 Å². The van der Waals surface area contributed by atoms with Gasteiger partial charge in [-0.25, -0.2) is 0 Å². The van der Waals surface area contributed by atoms with E-state index in [0.29, 0.717) is 17.1 Å². The molecular weight excluding hydrogens is 320 g/mol. The van der Waals surface area contributed by atoms with E-state index in [4.69, 9.17) is 9.47 Å². The average Bonchev–Trinajstić information content (AvgIpc) is 2.65. The molecule has 0 saturated heterocycles. The Morgan fingerprint density at radius 2 is 1.80 bits per heavy atom. The molecule has 6 nitrogen and oxygen atoms in total. The normalized spacial score (nSPS) is 11.8. The number of nitrogens with one attached hydrogen (secondary N) is 1. The molecule has 0 spiro atoms. The highest BCUT2D eigenvalue weighted by molar-refractivity contribution is 5.95. The Balaban J connectivity index is 2.10. The molecule has 0 saturated carbocycles. The number of oxime groups is 1. The van der Waals surface area contributed by atoms with E-state index in [1.54, 1.807) is 50.8 Å². The Hall–Kier alpha value is -3.02. The van der Waals surface area contributed by atoms with Crippen LogP contribution in [0.4, 0.5) is 0 Å². The highest BCUT2D eigenvalue weighted by atomic mass is 16.6. The minimum Gasteiger partial charge on any atom is -0.497 e. The number of methoxy groups -OCH3 is 2. The quantitative estimate of drug-likeness (QED) is 0.620. The van der Waals surface area contributed by atoms with Gasteiger partial charge in [0.1, 0.15) is 18.6 Å². The zero-order valence-electron chi connectivity index (χ0n) is 14.8. The zero-order valence-corrected chi connectivity index (χ0v) is 14.8. The van der Waals surface area contributed by atoms with E-state index in [-0.39, 0.29) is 11.9 Å². The predicted octanol–water partition coefficient (Wildman–Crippen LogP) is 3.18. The summed E-state index contributed by atoms with van der Waals surface area (Å²) in [5, 5.41) is 6.66. The van der Waals surface area contributed by atoms with Crippen LogP contribution in [-0.2, 0) is 4.84 Å². The van der Waals surface area contributed by atoms with Gasteiger partial charge in [-0.1, -0.05) is 17.3 Å². The molecule has 6 heteroatoms. The van der Waals surface area contributed by atoms with Crippen LogP contribution in [0.2, 0.25) is 0 Å². The van der Waals surface area contributed by atoms with Gasteiger partial charge >= 0.3 is 0 Å². The van der Waals surface area contributed by atoms with Gasteiger partial charge in [0.15, 0.2) is 0 Å². The Morgan fingerprint density at radius 1 is 1.08 bits per heavy atom. The van der Waals surface area contributed by atoms with Crippen molar-refractivity contribution in [1.29, 1.82) is 0 Å². The summed E-state index contributed by atoms with van der Waals surface area (Å²) in [7, 11) is 4.67. The SMILES string of the molecule is CON=Cc1ccc(C(=O)NC(C)c2ccc(OC)cc2OC)cc1. The lowest BCUT2D eigenvalue weighted by atomic mass is 10.1. The molecule has 0 bridgehead atoms. The first-order valence-electron chi connectivity index (χ1n) is 7.78. The number of nitrogens with zero attached hydrogens (tertiary/aromatic N) is 1. The van der Waals surface area contributed by atoms with Crippen LogP contribution in [-0.4, -0.2) is 33.5 Å². The molecule has 0 aromatic heterocycles. The standard InChI is InChI=1S/C19H22N2O4/c1-13(17-10-9-16(23-2)11-18(17)24-3)21-19(22)15-7-5-14(6-8-15)12-20-25-4/h5-13H,1-4H3,(H,21,22).